The zero-order chi connectivity index (χ0) is 13.8. The lowest BCUT2D eigenvalue weighted by Gasteiger charge is -2.14. The van der Waals surface area contributed by atoms with Crippen molar-refractivity contribution in [3.8, 4) is 0 Å². The molecule has 3 nitrogen and oxygen atoms in total. The summed E-state index contributed by atoms with van der Waals surface area (Å²) >= 11 is 0. The van der Waals surface area contributed by atoms with Crippen molar-refractivity contribution in [1.29, 1.82) is 0 Å². The van der Waals surface area contributed by atoms with Crippen LogP contribution in [0.4, 0.5) is 0 Å². The fourth-order valence-electron chi connectivity index (χ4n) is 2.21. The number of aromatic nitrogens is 2. The first-order valence-corrected chi connectivity index (χ1v) is 6.92. The zero-order valence-corrected chi connectivity index (χ0v) is 11.9. The maximum Gasteiger partial charge on any atom is 0.142 e. The second kappa shape index (κ2) is 6.02. The van der Waals surface area contributed by atoms with E-state index in [1.165, 1.54) is 5.56 Å². The van der Waals surface area contributed by atoms with Crippen LogP contribution in [0.5, 0.6) is 0 Å². The first kappa shape index (κ1) is 13.8. The van der Waals surface area contributed by atoms with Crippen molar-refractivity contribution in [2.75, 3.05) is 0 Å². The molecule has 0 saturated heterocycles. The Morgan fingerprint density at radius 1 is 1.16 bits per heavy atom. The van der Waals surface area contributed by atoms with Crippen LogP contribution in [-0.2, 0) is 6.54 Å². The molecule has 19 heavy (non-hydrogen) atoms. The van der Waals surface area contributed by atoms with E-state index in [1.54, 1.807) is 6.20 Å². The topological polar surface area (TPSA) is 38.0 Å². The van der Waals surface area contributed by atoms with E-state index >= 15 is 0 Å². The van der Waals surface area contributed by atoms with E-state index in [2.05, 4.69) is 37.9 Å². The van der Waals surface area contributed by atoms with Crippen LogP contribution in [0, 0.1) is 0 Å². The summed E-state index contributed by atoms with van der Waals surface area (Å²) < 4.78 is 2.01. The van der Waals surface area contributed by atoms with Gasteiger partial charge in [0.2, 0.25) is 0 Å². The number of aliphatic hydroxyl groups is 1. The third kappa shape index (κ3) is 3.04. The Balaban J connectivity index is 2.23. The number of benzene rings is 1. The van der Waals surface area contributed by atoms with Gasteiger partial charge >= 0.3 is 0 Å². The highest BCUT2D eigenvalue weighted by atomic mass is 16.3. The van der Waals surface area contributed by atoms with E-state index < -0.39 is 6.10 Å². The molecular weight excluding hydrogens is 236 g/mol. The third-order valence-electron chi connectivity index (χ3n) is 3.38. The lowest BCUT2D eigenvalue weighted by Crippen LogP contribution is -2.09. The highest BCUT2D eigenvalue weighted by Crippen LogP contribution is 2.23. The molecule has 3 heteroatoms. The molecule has 0 saturated carbocycles. The average Bonchev–Trinajstić information content (AvgIpc) is 2.87. The molecule has 1 N–H and O–H groups in total. The number of aliphatic hydroxyl groups excluding tert-OH is 1. The van der Waals surface area contributed by atoms with Gasteiger partial charge in [-0.2, -0.15) is 0 Å². The molecule has 1 atom stereocenters. The van der Waals surface area contributed by atoms with Crippen LogP contribution >= 0.6 is 0 Å². The molecule has 0 spiro atoms. The van der Waals surface area contributed by atoms with Crippen molar-refractivity contribution < 1.29 is 5.11 Å². The Labute approximate surface area is 114 Å². The van der Waals surface area contributed by atoms with Crippen LogP contribution < -0.4 is 0 Å². The largest absolute Gasteiger partial charge is 0.380 e. The summed E-state index contributed by atoms with van der Waals surface area (Å²) in [5, 5.41) is 10.4. The number of imidazole rings is 1. The summed E-state index contributed by atoms with van der Waals surface area (Å²) in [5.41, 5.74) is 2.18. The smallest absolute Gasteiger partial charge is 0.142 e. The van der Waals surface area contributed by atoms with E-state index in [4.69, 9.17) is 0 Å². The van der Waals surface area contributed by atoms with Gasteiger partial charge in [-0.15, -0.1) is 0 Å². The lowest BCUT2D eigenvalue weighted by atomic mass is 10.00. The van der Waals surface area contributed by atoms with Crippen molar-refractivity contribution >= 4 is 0 Å². The van der Waals surface area contributed by atoms with Crippen molar-refractivity contribution in [2.24, 2.45) is 0 Å². The number of hydrogen-bond acceptors (Lipinski definition) is 2. The van der Waals surface area contributed by atoms with Crippen molar-refractivity contribution in [3.63, 3.8) is 0 Å². The number of aryl methyl sites for hydroxylation is 1. The molecule has 0 aliphatic rings. The summed E-state index contributed by atoms with van der Waals surface area (Å²) in [6, 6.07) is 8.14. The fourth-order valence-corrected chi connectivity index (χ4v) is 2.21. The Bertz CT molecular complexity index is 514. The van der Waals surface area contributed by atoms with Crippen molar-refractivity contribution in [1.82, 2.24) is 9.55 Å². The first-order valence-electron chi connectivity index (χ1n) is 6.92. The molecule has 0 radical (unpaired) electrons. The third-order valence-corrected chi connectivity index (χ3v) is 3.38. The van der Waals surface area contributed by atoms with Gasteiger partial charge in [0.25, 0.3) is 0 Å². The van der Waals surface area contributed by atoms with Crippen LogP contribution in [0.1, 0.15) is 56.2 Å². The molecule has 0 aliphatic heterocycles. The number of hydrogen-bond donors (Lipinski definition) is 1. The Hall–Kier alpha value is -1.61. The van der Waals surface area contributed by atoms with E-state index in [0.717, 1.165) is 24.4 Å². The minimum Gasteiger partial charge on any atom is -0.380 e. The SMILES string of the molecule is CCCn1ccnc1C(O)c1ccc(C(C)C)cc1. The van der Waals surface area contributed by atoms with Gasteiger partial charge in [0.05, 0.1) is 0 Å². The van der Waals surface area contributed by atoms with Gasteiger partial charge in [-0.1, -0.05) is 45.0 Å². The van der Waals surface area contributed by atoms with Crippen LogP contribution in [0.3, 0.4) is 0 Å². The van der Waals surface area contributed by atoms with E-state index in [0.29, 0.717) is 5.92 Å². The lowest BCUT2D eigenvalue weighted by molar-refractivity contribution is 0.204. The molecule has 0 bridgehead atoms. The van der Waals surface area contributed by atoms with Gasteiger partial charge in [0.15, 0.2) is 0 Å². The van der Waals surface area contributed by atoms with Gasteiger partial charge in [-0.25, -0.2) is 4.98 Å². The molecule has 102 valence electrons. The van der Waals surface area contributed by atoms with E-state index in [-0.39, 0.29) is 0 Å². The number of rotatable bonds is 5. The summed E-state index contributed by atoms with van der Waals surface area (Å²) in [7, 11) is 0. The highest BCUT2D eigenvalue weighted by molar-refractivity contribution is 5.29. The second-order valence-electron chi connectivity index (χ2n) is 5.20. The summed E-state index contributed by atoms with van der Waals surface area (Å²) in [5.74, 6) is 1.23. The molecule has 1 unspecified atom stereocenters. The minimum atomic E-state index is -0.650. The Morgan fingerprint density at radius 3 is 2.37 bits per heavy atom. The van der Waals surface area contributed by atoms with Crippen LogP contribution in [0.25, 0.3) is 0 Å². The maximum atomic E-state index is 10.4. The second-order valence-corrected chi connectivity index (χ2v) is 5.20. The Morgan fingerprint density at radius 2 is 1.79 bits per heavy atom. The summed E-state index contributed by atoms with van der Waals surface area (Å²) in [4.78, 5) is 4.28. The van der Waals surface area contributed by atoms with Crippen LogP contribution in [-0.4, -0.2) is 14.7 Å². The monoisotopic (exact) mass is 258 g/mol. The minimum absolute atomic E-state index is 0.508. The molecular formula is C16H22N2O. The van der Waals surface area contributed by atoms with E-state index in [1.807, 2.05) is 22.9 Å². The zero-order valence-electron chi connectivity index (χ0n) is 11.9. The molecule has 1 heterocycles. The molecule has 1 aromatic carbocycles. The molecule has 0 amide bonds. The van der Waals surface area contributed by atoms with Gasteiger partial charge in [0.1, 0.15) is 11.9 Å². The van der Waals surface area contributed by atoms with Crippen molar-refractivity contribution in [3.05, 3.63) is 53.6 Å². The first-order chi connectivity index (χ1) is 9.13. The van der Waals surface area contributed by atoms with Gasteiger partial charge < -0.3 is 9.67 Å². The summed E-state index contributed by atoms with van der Waals surface area (Å²) in [6.07, 6.45) is 4.05. The molecule has 1 aromatic heterocycles. The van der Waals surface area contributed by atoms with Gasteiger partial charge in [-0.3, -0.25) is 0 Å². The maximum absolute atomic E-state index is 10.4. The molecule has 2 rings (SSSR count). The van der Waals surface area contributed by atoms with Crippen LogP contribution in [0.15, 0.2) is 36.7 Å². The summed E-state index contributed by atoms with van der Waals surface area (Å²) in [6.45, 7) is 7.34. The predicted molar refractivity (Wildman–Crippen MR) is 77.1 cm³/mol. The van der Waals surface area contributed by atoms with E-state index in [9.17, 15) is 5.11 Å². The van der Waals surface area contributed by atoms with Gasteiger partial charge in [-0.05, 0) is 23.5 Å². The Kier molecular flexibility index (Phi) is 4.38. The van der Waals surface area contributed by atoms with Crippen molar-refractivity contribution in [2.45, 2.75) is 45.8 Å². The standard InChI is InChI=1S/C16H22N2O/c1-4-10-18-11-9-17-16(18)15(19)14-7-5-13(6-8-14)12(2)3/h5-9,11-12,15,19H,4,10H2,1-3H3. The molecule has 0 aliphatic carbocycles. The number of nitrogens with zero attached hydrogens (tertiary/aromatic N) is 2. The fraction of sp³-hybridized carbons (Fsp3) is 0.438. The predicted octanol–water partition coefficient (Wildman–Crippen LogP) is 3.50. The van der Waals surface area contributed by atoms with Gasteiger partial charge in [0, 0.05) is 18.9 Å². The molecule has 2 aromatic rings. The van der Waals surface area contributed by atoms with Crippen LogP contribution in [0.2, 0.25) is 0 Å². The highest BCUT2D eigenvalue weighted by Gasteiger charge is 2.15. The quantitative estimate of drug-likeness (QED) is 0.891. The average molecular weight is 258 g/mol. The normalized spacial score (nSPS) is 12.9. The molecule has 0 fully saturated rings.